The van der Waals surface area contributed by atoms with Crippen LogP contribution in [0.2, 0.25) is 0 Å². The van der Waals surface area contributed by atoms with Gasteiger partial charge in [0.05, 0.1) is 39.7 Å². The maximum Gasteiger partial charge on any atom is 0.197 e. The summed E-state index contributed by atoms with van der Waals surface area (Å²) in [5, 5.41) is 2.78. The molecule has 0 saturated heterocycles. The van der Waals surface area contributed by atoms with E-state index in [1.54, 1.807) is 91.0 Å². The monoisotopic (exact) mass is 711 g/mol. The van der Waals surface area contributed by atoms with E-state index >= 15 is 0 Å². The van der Waals surface area contributed by atoms with Crippen LogP contribution >= 0.6 is 0 Å². The molecule has 0 spiro atoms. The Balaban J connectivity index is 1.37. The van der Waals surface area contributed by atoms with Crippen LogP contribution in [0.5, 0.6) is 0 Å². The number of aromatic nitrogens is 2. The van der Waals surface area contributed by atoms with Gasteiger partial charge in [0.25, 0.3) is 0 Å². The third-order valence-electron chi connectivity index (χ3n) is 11.0. The molecule has 7 aromatic carbocycles. The highest BCUT2D eigenvalue weighted by molar-refractivity contribution is 6.14. The Morgan fingerprint density at radius 1 is 0.400 bits per heavy atom. The first-order valence-corrected chi connectivity index (χ1v) is 17.6. The van der Waals surface area contributed by atoms with Gasteiger partial charge in [0.1, 0.15) is 5.82 Å². The van der Waals surface area contributed by atoms with Crippen molar-refractivity contribution in [3.63, 3.8) is 0 Å². The van der Waals surface area contributed by atoms with Crippen LogP contribution in [0.4, 0.5) is 10.1 Å². The fourth-order valence-corrected chi connectivity index (χ4v) is 8.50. The number of pyridine rings is 4. The average Bonchev–Trinajstić information content (AvgIpc) is 3.22. The van der Waals surface area contributed by atoms with E-state index in [1.807, 2.05) is 39.1 Å². The lowest BCUT2D eigenvalue weighted by Crippen LogP contribution is -2.17. The highest BCUT2D eigenvalue weighted by Gasteiger charge is 2.23. The summed E-state index contributed by atoms with van der Waals surface area (Å²) in [5.41, 5.74) is 5.03. The second-order valence-electron chi connectivity index (χ2n) is 13.9. The van der Waals surface area contributed by atoms with E-state index in [0.29, 0.717) is 82.4 Å². The van der Waals surface area contributed by atoms with Crippen LogP contribution in [0.3, 0.4) is 0 Å². The van der Waals surface area contributed by atoms with Crippen LogP contribution in [0.15, 0.2) is 153 Å². The van der Waals surface area contributed by atoms with Gasteiger partial charge in [-0.3, -0.25) is 19.2 Å². The van der Waals surface area contributed by atoms with Crippen molar-refractivity contribution >= 4 is 81.9 Å². The molecule has 0 fully saturated rings. The number of halogens is 1. The third kappa shape index (κ3) is 4.12. The van der Waals surface area contributed by atoms with Gasteiger partial charge in [0, 0.05) is 43.1 Å². The standard InChI is InChI=1S/C47H22FN3O4/c1-49-29-16-12-25(13-17-29)27-19-35-43-37(21-27)47(55)33-22-32-40(23-41(33)51(43)39-9-5-3-7-31(39)45(35)53)50-38-8-4-2-6-30(38)44(52)34-18-26(20-36(42(34)50)46(32)54)24-10-14-28(48)15-11-24/h2-23H. The normalized spacial score (nSPS) is 12.0. The van der Waals surface area contributed by atoms with E-state index in [2.05, 4.69) is 4.85 Å². The quantitative estimate of drug-likeness (QED) is 0.102. The molecule has 11 aromatic rings. The molecule has 0 bridgehead atoms. The number of hydrogen-bond acceptors (Lipinski definition) is 4. The minimum Gasteiger partial charge on any atom is -0.307 e. The molecule has 7 nitrogen and oxygen atoms in total. The highest BCUT2D eigenvalue weighted by Crippen LogP contribution is 2.36. The van der Waals surface area contributed by atoms with Crippen molar-refractivity contribution in [2.75, 3.05) is 0 Å². The van der Waals surface area contributed by atoms with E-state index in [0.717, 1.165) is 5.56 Å². The lowest BCUT2D eigenvalue weighted by atomic mass is 9.95. The molecular weight excluding hydrogens is 690 g/mol. The summed E-state index contributed by atoms with van der Waals surface area (Å²) in [6, 6.07) is 37.9. The second-order valence-corrected chi connectivity index (χ2v) is 13.9. The summed E-state index contributed by atoms with van der Waals surface area (Å²) < 4.78 is 17.8. The molecule has 0 atom stereocenters. The zero-order valence-electron chi connectivity index (χ0n) is 28.6. The molecule has 4 heterocycles. The predicted molar refractivity (Wildman–Crippen MR) is 218 cm³/mol. The number of fused-ring (bicyclic) bond motifs is 8. The number of rotatable bonds is 2. The Bertz CT molecular complexity index is 3810. The smallest absolute Gasteiger partial charge is 0.197 e. The Labute approximate surface area is 308 Å². The summed E-state index contributed by atoms with van der Waals surface area (Å²) in [7, 11) is 0. The molecular formula is C47H22FN3O4. The first kappa shape index (κ1) is 30.8. The molecule has 0 aliphatic carbocycles. The molecule has 11 rings (SSSR count). The maximum absolute atomic E-state index is 14.8. The van der Waals surface area contributed by atoms with Gasteiger partial charge in [-0.2, -0.15) is 0 Å². The van der Waals surface area contributed by atoms with Gasteiger partial charge in [-0.25, -0.2) is 9.24 Å². The minimum atomic E-state index is -0.404. The summed E-state index contributed by atoms with van der Waals surface area (Å²) in [4.78, 5) is 61.6. The Kier molecular flexibility index (Phi) is 6.10. The molecule has 0 radical (unpaired) electrons. The van der Waals surface area contributed by atoms with Gasteiger partial charge in [0.15, 0.2) is 27.4 Å². The fourth-order valence-electron chi connectivity index (χ4n) is 8.50. The number of hydrogen-bond donors (Lipinski definition) is 0. The van der Waals surface area contributed by atoms with E-state index < -0.39 is 5.82 Å². The first-order chi connectivity index (χ1) is 26.8. The molecule has 0 aliphatic heterocycles. The largest absolute Gasteiger partial charge is 0.307 e. The van der Waals surface area contributed by atoms with Crippen molar-refractivity contribution in [2.45, 2.75) is 0 Å². The van der Waals surface area contributed by atoms with Crippen LogP contribution in [-0.2, 0) is 0 Å². The molecule has 0 saturated carbocycles. The molecule has 0 N–H and O–H groups in total. The van der Waals surface area contributed by atoms with Crippen molar-refractivity contribution in [1.29, 1.82) is 0 Å². The number of benzene rings is 7. The fraction of sp³-hybridized carbons (Fsp3) is 0. The summed E-state index contributed by atoms with van der Waals surface area (Å²) >= 11 is 0. The van der Waals surface area contributed by atoms with Gasteiger partial charge in [-0.1, -0.05) is 60.7 Å². The van der Waals surface area contributed by atoms with Crippen LogP contribution in [-0.4, -0.2) is 8.80 Å². The zero-order valence-corrected chi connectivity index (χ0v) is 28.6. The molecule has 0 aliphatic rings. The van der Waals surface area contributed by atoms with Crippen LogP contribution < -0.4 is 21.7 Å². The van der Waals surface area contributed by atoms with Crippen LogP contribution in [0.1, 0.15) is 0 Å². The van der Waals surface area contributed by atoms with Gasteiger partial charge < -0.3 is 8.80 Å². The Morgan fingerprint density at radius 3 is 1.24 bits per heavy atom. The van der Waals surface area contributed by atoms with E-state index in [-0.39, 0.29) is 37.9 Å². The topological polar surface area (TPSA) is 81.5 Å². The zero-order chi connectivity index (χ0) is 37.3. The lowest BCUT2D eigenvalue weighted by Gasteiger charge is -2.18. The molecule has 0 unspecified atom stereocenters. The SMILES string of the molecule is [C-]#[N+]c1ccc(-c2cc3c(=O)c4ccccc4n4c5cc6c(cc5c(=O)c(c2)c34)c(=O)c2cc(-c3ccc(F)cc3)cc3c(=O)c4ccccc4n6c32)cc1. The molecule has 8 heteroatoms. The van der Waals surface area contributed by atoms with Crippen molar-refractivity contribution < 1.29 is 4.39 Å². The van der Waals surface area contributed by atoms with E-state index in [9.17, 15) is 23.6 Å². The Morgan fingerprint density at radius 2 is 0.800 bits per heavy atom. The molecule has 256 valence electrons. The Hall–Kier alpha value is -7.76. The molecule has 4 aromatic heterocycles. The summed E-state index contributed by atoms with van der Waals surface area (Å²) in [6.45, 7) is 7.37. The highest BCUT2D eigenvalue weighted by atomic mass is 19.1. The van der Waals surface area contributed by atoms with E-state index in [1.165, 1.54) is 12.1 Å². The van der Waals surface area contributed by atoms with Crippen molar-refractivity contribution in [2.24, 2.45) is 0 Å². The molecule has 55 heavy (non-hydrogen) atoms. The van der Waals surface area contributed by atoms with Crippen molar-refractivity contribution in [1.82, 2.24) is 8.80 Å². The first-order valence-electron chi connectivity index (χ1n) is 17.6. The summed E-state index contributed by atoms with van der Waals surface area (Å²) in [5.74, 6) is -0.404. The second kappa shape index (κ2) is 10.9. The van der Waals surface area contributed by atoms with Gasteiger partial charge in [0.2, 0.25) is 0 Å². The third-order valence-corrected chi connectivity index (χ3v) is 11.0. The van der Waals surface area contributed by atoms with Gasteiger partial charge >= 0.3 is 0 Å². The number of nitrogens with zero attached hydrogens (tertiary/aromatic N) is 3. The van der Waals surface area contributed by atoms with E-state index in [4.69, 9.17) is 6.57 Å². The average molecular weight is 712 g/mol. The summed E-state index contributed by atoms with van der Waals surface area (Å²) in [6.07, 6.45) is 0. The van der Waals surface area contributed by atoms with Gasteiger partial charge in [-0.15, -0.1) is 0 Å². The number of para-hydroxylation sites is 2. The van der Waals surface area contributed by atoms with Gasteiger partial charge in [-0.05, 0) is 95.1 Å². The molecule has 0 amide bonds. The minimum absolute atomic E-state index is 0.217. The van der Waals surface area contributed by atoms with Crippen molar-refractivity contribution in [3.8, 4) is 22.3 Å². The predicted octanol–water partition coefficient (Wildman–Crippen LogP) is 9.45. The van der Waals surface area contributed by atoms with Crippen LogP contribution in [0, 0.1) is 12.4 Å². The van der Waals surface area contributed by atoms with Crippen molar-refractivity contribution in [3.05, 3.63) is 192 Å². The van der Waals surface area contributed by atoms with Crippen LogP contribution in [0.25, 0.3) is 103 Å². The maximum atomic E-state index is 14.8. The lowest BCUT2D eigenvalue weighted by molar-refractivity contribution is 0.628.